The molecule has 1 aliphatic heterocycles. The van der Waals surface area contributed by atoms with Crippen molar-refractivity contribution in [2.45, 2.75) is 25.0 Å². The maximum absolute atomic E-state index is 13.1. The first-order valence-corrected chi connectivity index (χ1v) is 10.5. The van der Waals surface area contributed by atoms with Crippen LogP contribution in [0.3, 0.4) is 0 Å². The van der Waals surface area contributed by atoms with Gasteiger partial charge in [0.15, 0.2) is 5.65 Å². The van der Waals surface area contributed by atoms with Crippen LogP contribution in [0.25, 0.3) is 11.2 Å². The van der Waals surface area contributed by atoms with E-state index in [0.717, 1.165) is 5.65 Å². The smallest absolute Gasteiger partial charge is 0.255 e. The third-order valence-electron chi connectivity index (χ3n) is 6.25. The molecule has 7 nitrogen and oxygen atoms in total. The molecule has 3 heterocycles. The van der Waals surface area contributed by atoms with E-state index in [1.807, 2.05) is 28.6 Å². The van der Waals surface area contributed by atoms with E-state index < -0.39 is 6.10 Å². The molecule has 1 saturated carbocycles. The molecule has 5 rings (SSSR count). The molecule has 2 aliphatic rings. The van der Waals surface area contributed by atoms with Gasteiger partial charge in [0.25, 0.3) is 5.91 Å². The summed E-state index contributed by atoms with van der Waals surface area (Å²) in [6.45, 7) is 1.30. The van der Waals surface area contributed by atoms with Gasteiger partial charge in [0, 0.05) is 31.4 Å². The van der Waals surface area contributed by atoms with E-state index in [1.165, 1.54) is 0 Å². The number of amides is 1. The van der Waals surface area contributed by atoms with E-state index in [2.05, 4.69) is 9.97 Å². The van der Waals surface area contributed by atoms with Gasteiger partial charge in [-0.05, 0) is 48.9 Å². The Labute approximate surface area is 179 Å². The second kappa shape index (κ2) is 7.56. The second-order valence-corrected chi connectivity index (χ2v) is 8.74. The van der Waals surface area contributed by atoms with E-state index in [-0.39, 0.29) is 17.9 Å². The molecule has 1 aliphatic carbocycles. The Kier molecular flexibility index (Phi) is 4.87. The molecule has 2 fully saturated rings. The molecule has 3 aromatic rings. The Morgan fingerprint density at radius 1 is 1.20 bits per heavy atom. The third kappa shape index (κ3) is 3.52. The summed E-state index contributed by atoms with van der Waals surface area (Å²) < 4.78 is 7.86. The highest BCUT2D eigenvalue weighted by molar-refractivity contribution is 6.30. The van der Waals surface area contributed by atoms with Gasteiger partial charge in [-0.3, -0.25) is 4.79 Å². The average molecular weight is 427 g/mol. The molecule has 1 saturated heterocycles. The highest BCUT2D eigenvalue weighted by atomic mass is 35.5. The van der Waals surface area contributed by atoms with Gasteiger partial charge in [0.2, 0.25) is 0 Å². The maximum atomic E-state index is 13.1. The Hall–Kier alpha value is -2.64. The number of hydrogen-bond acceptors (Lipinski definition) is 5. The molecule has 0 bridgehead atoms. The number of aryl methyl sites for hydroxylation is 1. The summed E-state index contributed by atoms with van der Waals surface area (Å²) in [5.74, 6) is 1.19. The first kappa shape index (κ1) is 19.3. The zero-order valence-electron chi connectivity index (χ0n) is 16.6. The maximum Gasteiger partial charge on any atom is 0.255 e. The molecule has 1 aromatic carbocycles. The molecule has 2 aromatic heterocycles. The molecule has 0 radical (unpaired) electrons. The number of likely N-dealkylation sites (tertiary alicyclic amines) is 1. The predicted molar refractivity (Wildman–Crippen MR) is 113 cm³/mol. The molecule has 4 atom stereocenters. The first-order chi connectivity index (χ1) is 14.5. The molecule has 1 N–H and O–H groups in total. The number of carbonyl (C=O) groups is 1. The lowest BCUT2D eigenvalue weighted by Gasteiger charge is -2.35. The van der Waals surface area contributed by atoms with Crippen LogP contribution >= 0.6 is 11.6 Å². The monoisotopic (exact) mass is 426 g/mol. The van der Waals surface area contributed by atoms with Crippen molar-refractivity contribution < 1.29 is 14.6 Å². The molecule has 30 heavy (non-hydrogen) atoms. The van der Waals surface area contributed by atoms with Crippen molar-refractivity contribution in [2.75, 3.05) is 13.1 Å². The van der Waals surface area contributed by atoms with Crippen molar-refractivity contribution >= 4 is 28.7 Å². The minimum absolute atomic E-state index is 0.0359. The first-order valence-electron chi connectivity index (χ1n) is 10.1. The third-order valence-corrected chi connectivity index (χ3v) is 6.49. The summed E-state index contributed by atoms with van der Waals surface area (Å²) >= 11 is 6.04. The molecule has 8 heteroatoms. The van der Waals surface area contributed by atoms with E-state index in [4.69, 9.17) is 16.3 Å². The van der Waals surface area contributed by atoms with Crippen LogP contribution in [0.5, 0.6) is 5.75 Å². The number of hydrogen-bond donors (Lipinski definition) is 1. The molecule has 0 unspecified atom stereocenters. The van der Waals surface area contributed by atoms with E-state index in [9.17, 15) is 9.90 Å². The number of nitrogens with zero attached hydrogens (tertiary/aromatic N) is 4. The van der Waals surface area contributed by atoms with Crippen LogP contribution < -0.4 is 4.74 Å². The van der Waals surface area contributed by atoms with Crippen LogP contribution in [-0.4, -0.2) is 55.7 Å². The zero-order valence-corrected chi connectivity index (χ0v) is 17.4. The number of halogens is 1. The minimum atomic E-state index is -0.563. The van der Waals surface area contributed by atoms with Gasteiger partial charge in [-0.15, -0.1) is 0 Å². The van der Waals surface area contributed by atoms with Crippen molar-refractivity contribution in [2.24, 2.45) is 18.9 Å². The molecule has 0 spiro atoms. The Balaban J connectivity index is 1.28. The zero-order chi connectivity index (χ0) is 20.8. The number of aromatic nitrogens is 3. The van der Waals surface area contributed by atoms with Crippen LogP contribution in [0.1, 0.15) is 23.2 Å². The van der Waals surface area contributed by atoms with Crippen molar-refractivity contribution in [1.29, 1.82) is 0 Å². The number of pyridine rings is 1. The van der Waals surface area contributed by atoms with Crippen molar-refractivity contribution in [3.05, 3.63) is 53.4 Å². The number of rotatable bonds is 3. The van der Waals surface area contributed by atoms with Gasteiger partial charge >= 0.3 is 0 Å². The van der Waals surface area contributed by atoms with Gasteiger partial charge in [0.05, 0.1) is 18.0 Å². The quantitative estimate of drug-likeness (QED) is 0.696. The van der Waals surface area contributed by atoms with Crippen LogP contribution in [-0.2, 0) is 7.05 Å². The van der Waals surface area contributed by atoms with Gasteiger partial charge in [-0.1, -0.05) is 17.7 Å². The fraction of sp³-hybridized carbons (Fsp3) is 0.409. The van der Waals surface area contributed by atoms with E-state index in [1.54, 1.807) is 30.7 Å². The Bertz CT molecular complexity index is 1100. The second-order valence-electron chi connectivity index (χ2n) is 8.30. The van der Waals surface area contributed by atoms with Crippen LogP contribution in [0.4, 0.5) is 0 Å². The molecular formula is C22H23ClN4O3. The number of benzene rings is 1. The van der Waals surface area contributed by atoms with E-state index >= 15 is 0 Å². The van der Waals surface area contributed by atoms with Crippen LogP contribution in [0, 0.1) is 11.8 Å². The predicted octanol–water partition coefficient (Wildman–Crippen LogP) is 2.91. The lowest BCUT2D eigenvalue weighted by Crippen LogP contribution is -2.42. The minimum Gasteiger partial charge on any atom is -0.488 e. The van der Waals surface area contributed by atoms with Crippen LogP contribution in [0.15, 0.2) is 42.9 Å². The highest BCUT2D eigenvalue weighted by Gasteiger charge is 2.44. The Morgan fingerprint density at radius 2 is 2.00 bits per heavy atom. The molecular weight excluding hydrogens is 404 g/mol. The van der Waals surface area contributed by atoms with Gasteiger partial charge < -0.3 is 19.3 Å². The van der Waals surface area contributed by atoms with Crippen LogP contribution in [0.2, 0.25) is 5.02 Å². The lowest BCUT2D eigenvalue weighted by molar-refractivity contribution is -0.0231. The highest BCUT2D eigenvalue weighted by Crippen LogP contribution is 2.38. The fourth-order valence-electron chi connectivity index (χ4n) is 4.71. The van der Waals surface area contributed by atoms with Gasteiger partial charge in [-0.25, -0.2) is 9.97 Å². The van der Waals surface area contributed by atoms with E-state index in [0.29, 0.717) is 53.7 Å². The summed E-state index contributed by atoms with van der Waals surface area (Å²) in [5, 5.41) is 11.2. The number of aliphatic hydroxyl groups is 1. The SMILES string of the molecule is Cn1cnc2cc(C(=O)N3C[C@H]4C[C@@H](Oc5cccc(Cl)c5)[C@H](O)C[C@H]4C3)cnc21. The summed E-state index contributed by atoms with van der Waals surface area (Å²) in [5.41, 5.74) is 2.02. The van der Waals surface area contributed by atoms with Crippen molar-refractivity contribution in [1.82, 2.24) is 19.4 Å². The molecule has 1 amide bonds. The van der Waals surface area contributed by atoms with Crippen molar-refractivity contribution in [3.8, 4) is 5.75 Å². The number of carbonyl (C=O) groups excluding carboxylic acids is 1. The summed E-state index contributed by atoms with van der Waals surface area (Å²) in [6, 6.07) is 9.02. The van der Waals surface area contributed by atoms with Gasteiger partial charge in [0.1, 0.15) is 17.4 Å². The lowest BCUT2D eigenvalue weighted by atomic mass is 9.78. The Morgan fingerprint density at radius 3 is 2.80 bits per heavy atom. The number of aliphatic hydroxyl groups excluding tert-OH is 1. The normalized spacial score (nSPS) is 26.0. The number of fused-ring (bicyclic) bond motifs is 2. The summed E-state index contributed by atoms with van der Waals surface area (Å²) in [7, 11) is 1.88. The number of imidazole rings is 1. The van der Waals surface area contributed by atoms with Crippen molar-refractivity contribution in [3.63, 3.8) is 0 Å². The topological polar surface area (TPSA) is 80.5 Å². The molecule has 156 valence electrons. The summed E-state index contributed by atoms with van der Waals surface area (Å²) in [6.07, 6.45) is 3.78. The average Bonchev–Trinajstić information content (AvgIpc) is 3.31. The fourth-order valence-corrected chi connectivity index (χ4v) is 4.89. The number of ether oxygens (including phenoxy) is 1. The van der Waals surface area contributed by atoms with Gasteiger partial charge in [-0.2, -0.15) is 0 Å². The largest absolute Gasteiger partial charge is 0.488 e. The summed E-state index contributed by atoms with van der Waals surface area (Å²) in [4.78, 5) is 23.6. The standard InChI is InChI=1S/C22H23ClN4O3/c1-26-12-25-18-5-13(9-24-21(18)26)22(29)27-10-14-6-19(28)20(7-15(14)11-27)30-17-4-2-3-16(23)8-17/h2-5,8-9,12,14-15,19-20,28H,6-7,10-11H2,1H3/t14-,15+,19+,20+/m0/s1.